The van der Waals surface area contributed by atoms with Gasteiger partial charge in [0, 0.05) is 31.0 Å². The third-order valence-electron chi connectivity index (χ3n) is 7.88. The number of ether oxygens (including phenoxy) is 4. The number of methoxy groups -OCH3 is 2. The molecular weight excluding hydrogens is 732 g/mol. The third kappa shape index (κ3) is 8.63. The standard InChI is InChI=1S/C17H19N3O6S.C13H17N3O8S/c1-25-13-4-6-14(7-5-13)27(23,24)20-9-10-26-16(15(20)17(21)19-22)12-3-2-8-18-11-12;1-23-8-2-4-9(5-3-8)25(21,22)16-6-7-24-11(13(18)15-20)10(16)12(17)14-19/h2-8,11,15-16,22H,9-10H2,1H3,(H,19,21);2-5,10-11,19-20H,6-7H2,1H3,(H,14,17)(H,15,18)/t15-,16+;/m1./s1. The number of nitrogens with one attached hydrogen (secondary N) is 3. The molecule has 4 atom stereocenters. The number of aromatic nitrogens is 1. The van der Waals surface area contributed by atoms with Crippen LogP contribution in [0.5, 0.6) is 11.5 Å². The largest absolute Gasteiger partial charge is 0.497 e. The first-order chi connectivity index (χ1) is 24.8. The van der Waals surface area contributed by atoms with Gasteiger partial charge in [0.1, 0.15) is 29.7 Å². The molecule has 0 bridgehead atoms. The second-order valence-corrected chi connectivity index (χ2v) is 14.6. The van der Waals surface area contributed by atoms with E-state index < -0.39 is 62.1 Å². The van der Waals surface area contributed by atoms with Crippen molar-refractivity contribution in [1.82, 2.24) is 30.0 Å². The predicted molar refractivity (Wildman–Crippen MR) is 174 cm³/mol. The van der Waals surface area contributed by atoms with E-state index in [0.29, 0.717) is 17.1 Å². The van der Waals surface area contributed by atoms with E-state index in [1.54, 1.807) is 23.8 Å². The molecule has 20 nitrogen and oxygen atoms in total. The van der Waals surface area contributed by atoms with Crippen molar-refractivity contribution in [3.8, 4) is 11.5 Å². The monoisotopic (exact) mass is 768 g/mol. The van der Waals surface area contributed by atoms with E-state index >= 15 is 0 Å². The van der Waals surface area contributed by atoms with Crippen molar-refractivity contribution in [3.05, 3.63) is 78.6 Å². The van der Waals surface area contributed by atoms with Gasteiger partial charge in [-0.05, 0) is 54.6 Å². The zero-order valence-corrected chi connectivity index (χ0v) is 29.2. The molecule has 0 radical (unpaired) electrons. The van der Waals surface area contributed by atoms with Crippen molar-refractivity contribution in [1.29, 1.82) is 0 Å². The van der Waals surface area contributed by atoms with Gasteiger partial charge in [-0.1, -0.05) is 6.07 Å². The summed E-state index contributed by atoms with van der Waals surface area (Å²) in [6, 6.07) is 11.6. The number of morpholine rings is 2. The lowest BCUT2D eigenvalue weighted by Gasteiger charge is -2.38. The summed E-state index contributed by atoms with van der Waals surface area (Å²) in [5.41, 5.74) is 4.68. The van der Waals surface area contributed by atoms with Gasteiger partial charge >= 0.3 is 0 Å². The number of sulfonamides is 2. The second-order valence-electron chi connectivity index (χ2n) is 10.8. The summed E-state index contributed by atoms with van der Waals surface area (Å²) in [5, 5.41) is 26.8. The fourth-order valence-electron chi connectivity index (χ4n) is 5.38. The van der Waals surface area contributed by atoms with Crippen LogP contribution in [0.15, 0.2) is 82.8 Å². The quantitative estimate of drug-likeness (QED) is 0.109. The minimum Gasteiger partial charge on any atom is -0.497 e. The minimum atomic E-state index is -4.20. The zero-order valence-electron chi connectivity index (χ0n) is 27.6. The number of hydroxylamine groups is 3. The Morgan fingerprint density at radius 2 is 1.17 bits per heavy atom. The second kappa shape index (κ2) is 17.6. The summed E-state index contributed by atoms with van der Waals surface area (Å²) in [5.74, 6) is -2.24. The minimum absolute atomic E-state index is 0.00544. The van der Waals surface area contributed by atoms with Gasteiger partial charge in [0.2, 0.25) is 20.0 Å². The van der Waals surface area contributed by atoms with Crippen LogP contribution in [-0.4, -0.2) is 122 Å². The van der Waals surface area contributed by atoms with Gasteiger partial charge in [0.25, 0.3) is 17.7 Å². The first-order valence-corrected chi connectivity index (χ1v) is 18.0. The normalized spacial score (nSPS) is 21.1. The molecule has 52 heavy (non-hydrogen) atoms. The van der Waals surface area contributed by atoms with Crippen molar-refractivity contribution in [2.24, 2.45) is 0 Å². The van der Waals surface area contributed by atoms with Crippen LogP contribution in [0.4, 0.5) is 0 Å². The van der Waals surface area contributed by atoms with Gasteiger partial charge in [-0.2, -0.15) is 8.61 Å². The maximum absolute atomic E-state index is 13.1. The van der Waals surface area contributed by atoms with E-state index in [0.717, 1.165) is 8.61 Å². The molecule has 5 rings (SSSR count). The molecule has 6 N–H and O–H groups in total. The van der Waals surface area contributed by atoms with E-state index in [-0.39, 0.29) is 36.1 Å². The lowest BCUT2D eigenvalue weighted by Crippen LogP contribution is -2.63. The number of carbonyl (C=O) groups is 3. The highest BCUT2D eigenvalue weighted by Gasteiger charge is 2.48. The van der Waals surface area contributed by atoms with Crippen LogP contribution in [0.3, 0.4) is 0 Å². The van der Waals surface area contributed by atoms with Crippen LogP contribution in [-0.2, 0) is 43.9 Å². The zero-order chi connectivity index (χ0) is 38.1. The van der Waals surface area contributed by atoms with Gasteiger partial charge in [-0.3, -0.25) is 35.0 Å². The van der Waals surface area contributed by atoms with Gasteiger partial charge in [-0.15, -0.1) is 0 Å². The average molecular weight is 769 g/mol. The molecule has 2 unspecified atom stereocenters. The van der Waals surface area contributed by atoms with Crippen molar-refractivity contribution >= 4 is 37.8 Å². The Morgan fingerprint density at radius 1 is 0.712 bits per heavy atom. The molecule has 22 heteroatoms. The molecule has 1 aromatic heterocycles. The highest BCUT2D eigenvalue weighted by molar-refractivity contribution is 7.89. The fraction of sp³-hybridized carbons (Fsp3) is 0.333. The maximum Gasteiger partial charge on any atom is 0.274 e. The molecule has 0 spiro atoms. The summed E-state index contributed by atoms with van der Waals surface area (Å²) in [4.78, 5) is 39.9. The molecule has 3 heterocycles. The number of rotatable bonds is 10. The van der Waals surface area contributed by atoms with Crippen LogP contribution in [0.1, 0.15) is 11.7 Å². The number of pyridine rings is 1. The molecule has 2 aliphatic rings. The average Bonchev–Trinajstić information content (AvgIpc) is 3.19. The third-order valence-corrected chi connectivity index (χ3v) is 11.7. The van der Waals surface area contributed by atoms with Crippen LogP contribution in [0, 0.1) is 0 Å². The van der Waals surface area contributed by atoms with Crippen molar-refractivity contribution < 1.29 is 65.8 Å². The Labute approximate surface area is 297 Å². The number of amides is 3. The SMILES string of the molecule is COc1ccc(S(=O)(=O)N2CCOC(C(=O)NO)C2C(=O)NO)cc1.COc1ccc(S(=O)(=O)N2CCO[C@@H](c3cccnc3)[C@@H]2C(=O)NO)cc1. The highest BCUT2D eigenvalue weighted by Crippen LogP contribution is 2.33. The number of hydrogen-bond donors (Lipinski definition) is 6. The van der Waals surface area contributed by atoms with Crippen LogP contribution < -0.4 is 25.9 Å². The Kier molecular flexibility index (Phi) is 13.6. The van der Waals surface area contributed by atoms with E-state index in [2.05, 4.69) is 4.98 Å². The smallest absolute Gasteiger partial charge is 0.274 e. The number of hydrogen-bond acceptors (Lipinski definition) is 15. The van der Waals surface area contributed by atoms with Crippen molar-refractivity contribution in [2.75, 3.05) is 40.5 Å². The van der Waals surface area contributed by atoms with E-state index in [1.807, 2.05) is 0 Å². The van der Waals surface area contributed by atoms with Crippen LogP contribution in [0.2, 0.25) is 0 Å². The molecule has 2 fully saturated rings. The molecule has 0 aliphatic carbocycles. The summed E-state index contributed by atoms with van der Waals surface area (Å²) >= 11 is 0. The Morgan fingerprint density at radius 3 is 1.62 bits per heavy atom. The topological polar surface area (TPSA) is 273 Å². The Hall–Kier alpha value is -4.78. The van der Waals surface area contributed by atoms with E-state index in [9.17, 15) is 31.2 Å². The molecule has 282 valence electrons. The van der Waals surface area contributed by atoms with Crippen molar-refractivity contribution in [3.63, 3.8) is 0 Å². The predicted octanol–water partition coefficient (Wildman–Crippen LogP) is -0.809. The molecule has 2 aliphatic heterocycles. The Bertz CT molecular complexity index is 1900. The number of benzene rings is 2. The van der Waals surface area contributed by atoms with Gasteiger partial charge in [-0.25, -0.2) is 33.3 Å². The molecule has 0 saturated carbocycles. The number of nitrogens with zero attached hydrogens (tertiary/aromatic N) is 3. The van der Waals surface area contributed by atoms with Crippen LogP contribution >= 0.6 is 0 Å². The van der Waals surface area contributed by atoms with Crippen molar-refractivity contribution in [2.45, 2.75) is 34.1 Å². The maximum atomic E-state index is 13.1. The van der Waals surface area contributed by atoms with Gasteiger partial charge in [0.15, 0.2) is 6.10 Å². The van der Waals surface area contributed by atoms with E-state index in [1.165, 1.54) is 79.9 Å². The highest BCUT2D eigenvalue weighted by atomic mass is 32.2. The summed E-state index contributed by atoms with van der Waals surface area (Å²) in [6.45, 7) is -0.377. The summed E-state index contributed by atoms with van der Waals surface area (Å²) in [7, 11) is -5.33. The lowest BCUT2D eigenvalue weighted by molar-refractivity contribution is -0.158. The molecule has 3 amide bonds. The van der Waals surface area contributed by atoms with Crippen LogP contribution in [0.25, 0.3) is 0 Å². The van der Waals surface area contributed by atoms with E-state index in [4.69, 9.17) is 34.6 Å². The summed E-state index contributed by atoms with van der Waals surface area (Å²) in [6.07, 6.45) is 0.497. The Balaban J connectivity index is 0.000000234. The first-order valence-electron chi connectivity index (χ1n) is 15.1. The fourth-order valence-corrected chi connectivity index (χ4v) is 8.52. The summed E-state index contributed by atoms with van der Waals surface area (Å²) < 4.78 is 74.5. The molecule has 2 aromatic carbocycles. The number of carbonyl (C=O) groups excluding carboxylic acids is 3. The molecular formula is C30H36N6O14S2. The molecule has 3 aromatic rings. The lowest BCUT2D eigenvalue weighted by atomic mass is 10.0. The molecule has 2 saturated heterocycles. The van der Waals surface area contributed by atoms with Gasteiger partial charge in [0.05, 0.1) is 37.2 Å². The van der Waals surface area contributed by atoms with Gasteiger partial charge < -0.3 is 18.9 Å². The first kappa shape index (κ1) is 40.0.